The van der Waals surface area contributed by atoms with Crippen LogP contribution in [0.1, 0.15) is 23.1 Å². The number of carbonyl (C=O) groups is 2. The molecule has 0 fully saturated rings. The van der Waals surface area contributed by atoms with Gasteiger partial charge in [-0.05, 0) is 49.4 Å². The molecule has 31 heavy (non-hydrogen) atoms. The quantitative estimate of drug-likeness (QED) is 0.493. The lowest BCUT2D eigenvalue weighted by Crippen LogP contribution is -2.24. The Bertz CT molecular complexity index is 1060. The molecule has 0 bridgehead atoms. The van der Waals surface area contributed by atoms with Gasteiger partial charge in [0.1, 0.15) is 11.6 Å². The van der Waals surface area contributed by atoms with Crippen LogP contribution in [0.5, 0.6) is 5.75 Å². The van der Waals surface area contributed by atoms with Gasteiger partial charge in [0.05, 0.1) is 19.4 Å². The summed E-state index contributed by atoms with van der Waals surface area (Å²) in [6.45, 7) is 2.70. The van der Waals surface area contributed by atoms with E-state index in [0.29, 0.717) is 34.5 Å². The number of rotatable bonds is 9. The van der Waals surface area contributed by atoms with Gasteiger partial charge in [-0.15, -0.1) is 10.2 Å². The van der Waals surface area contributed by atoms with Gasteiger partial charge >= 0.3 is 0 Å². The zero-order valence-electron chi connectivity index (χ0n) is 17.1. The number of carbonyl (C=O) groups excluding carboxylic acids is 2. The second kappa shape index (κ2) is 10.6. The zero-order valence-corrected chi connectivity index (χ0v) is 17.9. The lowest BCUT2D eigenvalue weighted by Gasteiger charge is -2.09. The fourth-order valence-corrected chi connectivity index (χ4v) is 3.59. The number of hydrogen-bond donors (Lipinski definition) is 2. The lowest BCUT2D eigenvalue weighted by molar-refractivity contribution is -0.113. The first-order valence-electron chi connectivity index (χ1n) is 9.52. The summed E-state index contributed by atoms with van der Waals surface area (Å²) in [7, 11) is 1.56. The average Bonchev–Trinajstić information content (AvgIpc) is 3.18. The van der Waals surface area contributed by atoms with E-state index < -0.39 is 5.82 Å². The number of aromatic nitrogens is 3. The van der Waals surface area contributed by atoms with E-state index in [2.05, 4.69) is 20.8 Å². The molecule has 2 N–H and O–H groups in total. The van der Waals surface area contributed by atoms with Crippen LogP contribution in [-0.4, -0.2) is 39.4 Å². The molecule has 0 aliphatic carbocycles. The maximum atomic E-state index is 13.2. The number of methoxy groups -OCH3 is 1. The number of halogens is 1. The van der Waals surface area contributed by atoms with Crippen LogP contribution in [0.2, 0.25) is 0 Å². The minimum atomic E-state index is -0.419. The van der Waals surface area contributed by atoms with E-state index in [4.69, 9.17) is 4.74 Å². The van der Waals surface area contributed by atoms with Crippen LogP contribution in [0.3, 0.4) is 0 Å². The summed E-state index contributed by atoms with van der Waals surface area (Å²) in [6, 6.07) is 12.5. The van der Waals surface area contributed by atoms with Crippen molar-refractivity contribution in [2.24, 2.45) is 0 Å². The monoisotopic (exact) mass is 443 g/mol. The highest BCUT2D eigenvalue weighted by Crippen LogP contribution is 2.18. The van der Waals surface area contributed by atoms with Crippen molar-refractivity contribution in [3.05, 3.63) is 65.7 Å². The van der Waals surface area contributed by atoms with Gasteiger partial charge in [-0.2, -0.15) is 0 Å². The number of anilines is 1. The number of benzene rings is 2. The Morgan fingerprint density at radius 1 is 1.16 bits per heavy atom. The SMILES string of the molecule is CCn1c(CNC(=O)c2ccc(OC)cc2)nnc1SCC(=O)Nc1cccc(F)c1. The fourth-order valence-electron chi connectivity index (χ4n) is 2.77. The van der Waals surface area contributed by atoms with E-state index in [0.717, 1.165) is 0 Å². The first kappa shape index (κ1) is 22.3. The summed E-state index contributed by atoms with van der Waals surface area (Å²) in [4.78, 5) is 24.5. The van der Waals surface area contributed by atoms with Crippen molar-refractivity contribution in [2.45, 2.75) is 25.2 Å². The molecular formula is C21H22FN5O3S. The third-order valence-electron chi connectivity index (χ3n) is 4.31. The van der Waals surface area contributed by atoms with E-state index in [1.54, 1.807) is 37.4 Å². The van der Waals surface area contributed by atoms with Gasteiger partial charge in [0, 0.05) is 17.8 Å². The molecule has 0 spiro atoms. The maximum absolute atomic E-state index is 13.2. The highest BCUT2D eigenvalue weighted by Gasteiger charge is 2.15. The highest BCUT2D eigenvalue weighted by molar-refractivity contribution is 7.99. The summed E-state index contributed by atoms with van der Waals surface area (Å²) in [5, 5.41) is 14.3. The standard InChI is InChI=1S/C21H22FN5O3S/c1-3-27-18(12-23-20(29)14-7-9-17(30-2)10-8-14)25-26-21(27)31-13-19(28)24-16-6-4-5-15(22)11-16/h4-11H,3,12-13H2,1-2H3,(H,23,29)(H,24,28). The van der Waals surface area contributed by atoms with Gasteiger partial charge in [0.15, 0.2) is 11.0 Å². The predicted octanol–water partition coefficient (Wildman–Crippen LogP) is 3.11. The van der Waals surface area contributed by atoms with Crippen LogP contribution in [-0.2, 0) is 17.9 Å². The lowest BCUT2D eigenvalue weighted by atomic mass is 10.2. The number of nitrogens with one attached hydrogen (secondary N) is 2. The molecule has 1 aromatic heterocycles. The van der Waals surface area contributed by atoms with Crippen LogP contribution in [0, 0.1) is 5.82 Å². The highest BCUT2D eigenvalue weighted by atomic mass is 32.2. The van der Waals surface area contributed by atoms with Crippen molar-refractivity contribution in [1.82, 2.24) is 20.1 Å². The fraction of sp³-hybridized carbons (Fsp3) is 0.238. The van der Waals surface area contributed by atoms with Crippen molar-refractivity contribution in [1.29, 1.82) is 0 Å². The van der Waals surface area contributed by atoms with E-state index in [9.17, 15) is 14.0 Å². The summed E-state index contributed by atoms with van der Waals surface area (Å²) < 4.78 is 20.1. The first-order chi connectivity index (χ1) is 15.0. The van der Waals surface area contributed by atoms with E-state index >= 15 is 0 Å². The Morgan fingerprint density at radius 2 is 1.94 bits per heavy atom. The van der Waals surface area contributed by atoms with Gasteiger partial charge < -0.3 is 19.9 Å². The number of thioether (sulfide) groups is 1. The van der Waals surface area contributed by atoms with Crippen molar-refractivity contribution >= 4 is 29.3 Å². The van der Waals surface area contributed by atoms with Crippen LogP contribution in [0.25, 0.3) is 0 Å². The molecule has 1 heterocycles. The smallest absolute Gasteiger partial charge is 0.251 e. The summed E-state index contributed by atoms with van der Waals surface area (Å²) in [5.41, 5.74) is 0.900. The number of nitrogens with zero attached hydrogens (tertiary/aromatic N) is 3. The molecule has 162 valence electrons. The molecule has 0 aliphatic rings. The van der Waals surface area contributed by atoms with E-state index in [1.807, 2.05) is 11.5 Å². The molecule has 0 saturated carbocycles. The van der Waals surface area contributed by atoms with Gasteiger partial charge in [0.2, 0.25) is 5.91 Å². The molecule has 0 aliphatic heterocycles. The Morgan fingerprint density at radius 3 is 2.61 bits per heavy atom. The molecule has 8 nitrogen and oxygen atoms in total. The largest absolute Gasteiger partial charge is 0.497 e. The van der Waals surface area contributed by atoms with E-state index in [-0.39, 0.29) is 24.1 Å². The van der Waals surface area contributed by atoms with Crippen LogP contribution >= 0.6 is 11.8 Å². The minimum absolute atomic E-state index is 0.0901. The Balaban J connectivity index is 1.55. The van der Waals surface area contributed by atoms with Gasteiger partial charge in [-0.1, -0.05) is 17.8 Å². The van der Waals surface area contributed by atoms with Gasteiger partial charge in [-0.25, -0.2) is 4.39 Å². The molecule has 0 radical (unpaired) electrons. The Kier molecular flexibility index (Phi) is 7.60. The number of ether oxygens (including phenoxy) is 1. The van der Waals surface area contributed by atoms with E-state index in [1.165, 1.54) is 30.0 Å². The number of amides is 2. The minimum Gasteiger partial charge on any atom is -0.497 e. The molecule has 3 aromatic rings. The van der Waals surface area contributed by atoms with Gasteiger partial charge in [-0.3, -0.25) is 9.59 Å². The average molecular weight is 444 g/mol. The molecule has 0 atom stereocenters. The van der Waals surface area contributed by atoms with Crippen molar-refractivity contribution in [3.8, 4) is 5.75 Å². The van der Waals surface area contributed by atoms with Crippen LogP contribution < -0.4 is 15.4 Å². The zero-order chi connectivity index (χ0) is 22.2. The third-order valence-corrected chi connectivity index (χ3v) is 5.28. The molecule has 2 amide bonds. The Labute approximate surface area is 183 Å². The third kappa shape index (κ3) is 6.05. The molecule has 0 saturated heterocycles. The second-order valence-electron chi connectivity index (χ2n) is 6.40. The van der Waals surface area contributed by atoms with Crippen molar-refractivity contribution in [2.75, 3.05) is 18.2 Å². The molecule has 3 rings (SSSR count). The normalized spacial score (nSPS) is 10.5. The first-order valence-corrected chi connectivity index (χ1v) is 10.5. The summed E-state index contributed by atoms with van der Waals surface area (Å²) >= 11 is 1.22. The molecular weight excluding hydrogens is 421 g/mol. The molecule has 0 unspecified atom stereocenters. The van der Waals surface area contributed by atoms with Crippen molar-refractivity contribution in [3.63, 3.8) is 0 Å². The second-order valence-corrected chi connectivity index (χ2v) is 7.34. The molecule has 10 heteroatoms. The van der Waals surface area contributed by atoms with Crippen LogP contribution in [0.15, 0.2) is 53.7 Å². The predicted molar refractivity (Wildman–Crippen MR) is 116 cm³/mol. The topological polar surface area (TPSA) is 98.1 Å². The van der Waals surface area contributed by atoms with Gasteiger partial charge in [0.25, 0.3) is 5.91 Å². The summed E-state index contributed by atoms with van der Waals surface area (Å²) in [6.07, 6.45) is 0. The van der Waals surface area contributed by atoms with Crippen LogP contribution in [0.4, 0.5) is 10.1 Å². The molecule has 2 aromatic carbocycles. The Hall–Kier alpha value is -3.40. The maximum Gasteiger partial charge on any atom is 0.251 e. The van der Waals surface area contributed by atoms with Crippen molar-refractivity contribution < 1.29 is 18.7 Å². The number of hydrogen-bond acceptors (Lipinski definition) is 6. The summed E-state index contributed by atoms with van der Waals surface area (Å²) in [5.74, 6) is 0.403.